The van der Waals surface area contributed by atoms with E-state index in [0.29, 0.717) is 9.87 Å². The Morgan fingerprint density at radius 2 is 1.96 bits per heavy atom. The van der Waals surface area contributed by atoms with Crippen LogP contribution in [-0.4, -0.2) is 31.2 Å². The molecule has 0 aliphatic rings. The van der Waals surface area contributed by atoms with Crippen LogP contribution in [0.5, 0.6) is 5.75 Å². The lowest BCUT2D eigenvalue weighted by atomic mass is 10.1. The maximum absolute atomic E-state index is 9.31. The van der Waals surface area contributed by atoms with E-state index in [9.17, 15) is 5.11 Å². The van der Waals surface area contributed by atoms with Crippen molar-refractivity contribution in [1.82, 2.24) is 19.5 Å². The average Bonchev–Trinajstić information content (AvgIpc) is 2.93. The summed E-state index contributed by atoms with van der Waals surface area (Å²) < 4.78 is 2.74. The fraction of sp³-hybridized carbons (Fsp3) is 0.312. The Bertz CT molecular complexity index is 813. The van der Waals surface area contributed by atoms with Gasteiger partial charge in [0.05, 0.1) is 6.33 Å². The quantitative estimate of drug-likeness (QED) is 0.486. The number of benzene rings is 1. The smallest absolute Gasteiger partial charge is 0.194 e. The van der Waals surface area contributed by atoms with E-state index >= 15 is 0 Å². The summed E-state index contributed by atoms with van der Waals surface area (Å²) in [4.78, 5) is 13.4. The van der Waals surface area contributed by atoms with Gasteiger partial charge in [-0.15, -0.1) is 0 Å². The van der Waals surface area contributed by atoms with Crippen molar-refractivity contribution in [3.8, 4) is 5.75 Å². The van der Waals surface area contributed by atoms with Crippen molar-refractivity contribution < 1.29 is 5.11 Å². The number of aromatic nitrogens is 4. The molecule has 0 fully saturated rings. The molecule has 0 atom stereocenters. The fourth-order valence-corrected chi connectivity index (χ4v) is 2.85. The summed E-state index contributed by atoms with van der Waals surface area (Å²) in [6.07, 6.45) is 2.65. The molecule has 23 heavy (non-hydrogen) atoms. The number of anilines is 1. The fourth-order valence-electron chi connectivity index (χ4n) is 2.38. The molecule has 0 unspecified atom stereocenters. The molecular formula is C16H18IN5O. The van der Waals surface area contributed by atoms with Gasteiger partial charge in [-0.25, -0.2) is 15.0 Å². The molecule has 0 spiro atoms. The van der Waals surface area contributed by atoms with Gasteiger partial charge < -0.3 is 15.0 Å². The van der Waals surface area contributed by atoms with Crippen LogP contribution in [0.25, 0.3) is 11.2 Å². The number of nitrogens with zero attached hydrogens (tertiary/aromatic N) is 4. The van der Waals surface area contributed by atoms with E-state index in [-0.39, 0.29) is 5.75 Å². The lowest BCUT2D eigenvalue weighted by Crippen LogP contribution is -2.09. The summed E-state index contributed by atoms with van der Waals surface area (Å²) in [5.74, 6) is 1.05. The zero-order valence-corrected chi connectivity index (χ0v) is 15.1. The van der Waals surface area contributed by atoms with Crippen LogP contribution in [-0.2, 0) is 6.42 Å². The number of hydrogen-bond donors (Lipinski definition) is 2. The Labute approximate surface area is 148 Å². The zero-order chi connectivity index (χ0) is 16.4. The summed E-state index contributed by atoms with van der Waals surface area (Å²) in [6, 6.07) is 7.54. The number of aromatic hydroxyl groups is 1. The van der Waals surface area contributed by atoms with Crippen molar-refractivity contribution >= 4 is 39.6 Å². The molecule has 0 aliphatic heterocycles. The standard InChI is InChI=1S/C16H18IN5O/c1-10(2)22-9-19-13-14(20-16(17)21-15(13)22)18-8-7-11-3-5-12(23)6-4-11/h3-6,9-10,23H,7-8H2,1-2H3,(H,18,20,21). The van der Waals surface area contributed by atoms with Gasteiger partial charge >= 0.3 is 0 Å². The van der Waals surface area contributed by atoms with Crippen LogP contribution in [0, 0.1) is 3.83 Å². The number of phenolic OH excluding ortho intramolecular Hbond substituents is 1. The molecule has 3 aromatic rings. The third-order valence-corrected chi connectivity index (χ3v) is 4.08. The van der Waals surface area contributed by atoms with E-state index in [1.807, 2.05) is 23.0 Å². The second-order valence-electron chi connectivity index (χ2n) is 5.60. The average molecular weight is 423 g/mol. The van der Waals surface area contributed by atoms with Crippen LogP contribution in [0.3, 0.4) is 0 Å². The highest BCUT2D eigenvalue weighted by Crippen LogP contribution is 2.22. The molecule has 0 radical (unpaired) electrons. The van der Waals surface area contributed by atoms with Crippen LogP contribution in [0.2, 0.25) is 0 Å². The zero-order valence-electron chi connectivity index (χ0n) is 13.0. The molecule has 2 N–H and O–H groups in total. The van der Waals surface area contributed by atoms with Crippen molar-refractivity contribution in [3.63, 3.8) is 0 Å². The first-order chi connectivity index (χ1) is 11.0. The van der Waals surface area contributed by atoms with Gasteiger partial charge in [-0.2, -0.15) is 0 Å². The lowest BCUT2D eigenvalue weighted by Gasteiger charge is -2.09. The summed E-state index contributed by atoms with van der Waals surface area (Å²) in [5.41, 5.74) is 2.80. The van der Waals surface area contributed by atoms with Crippen LogP contribution in [0.15, 0.2) is 30.6 Å². The molecule has 6 nitrogen and oxygen atoms in total. The third-order valence-electron chi connectivity index (χ3n) is 3.59. The Morgan fingerprint density at radius 1 is 1.22 bits per heavy atom. The SMILES string of the molecule is CC(C)n1cnc2c(NCCc3ccc(O)cc3)nc(I)nc21. The Morgan fingerprint density at radius 3 is 2.65 bits per heavy atom. The van der Waals surface area contributed by atoms with Gasteiger partial charge in [0.1, 0.15) is 5.75 Å². The highest BCUT2D eigenvalue weighted by atomic mass is 127. The van der Waals surface area contributed by atoms with Crippen LogP contribution >= 0.6 is 22.6 Å². The molecule has 0 saturated heterocycles. The topological polar surface area (TPSA) is 75.9 Å². The number of rotatable bonds is 5. The van der Waals surface area contributed by atoms with E-state index in [0.717, 1.165) is 35.5 Å². The normalized spacial score (nSPS) is 11.3. The van der Waals surface area contributed by atoms with Crippen molar-refractivity contribution in [3.05, 3.63) is 40.0 Å². The number of fused-ring (bicyclic) bond motifs is 1. The number of phenols is 1. The predicted molar refractivity (Wildman–Crippen MR) is 98.7 cm³/mol. The predicted octanol–water partition coefficient (Wildman–Crippen LogP) is 3.37. The van der Waals surface area contributed by atoms with Gasteiger partial charge in [0.25, 0.3) is 0 Å². The third kappa shape index (κ3) is 3.54. The number of halogens is 1. The molecule has 2 aromatic heterocycles. The highest BCUT2D eigenvalue weighted by molar-refractivity contribution is 14.1. The second-order valence-corrected chi connectivity index (χ2v) is 6.57. The number of hydrogen-bond acceptors (Lipinski definition) is 5. The summed E-state index contributed by atoms with van der Waals surface area (Å²) in [5, 5.41) is 12.7. The van der Waals surface area contributed by atoms with Gasteiger partial charge in [0.2, 0.25) is 0 Å². The highest BCUT2D eigenvalue weighted by Gasteiger charge is 2.13. The largest absolute Gasteiger partial charge is 0.508 e. The van der Waals surface area contributed by atoms with E-state index in [2.05, 4.69) is 56.7 Å². The van der Waals surface area contributed by atoms with Crippen molar-refractivity contribution in [2.24, 2.45) is 0 Å². The molecule has 0 aliphatic carbocycles. The van der Waals surface area contributed by atoms with Gasteiger partial charge in [-0.3, -0.25) is 0 Å². The van der Waals surface area contributed by atoms with E-state index in [1.54, 1.807) is 12.1 Å². The van der Waals surface area contributed by atoms with Gasteiger partial charge in [-0.05, 0) is 38.0 Å². The Kier molecular flexibility index (Phi) is 4.65. The van der Waals surface area contributed by atoms with Crippen LogP contribution < -0.4 is 5.32 Å². The van der Waals surface area contributed by atoms with Crippen molar-refractivity contribution in [2.45, 2.75) is 26.3 Å². The maximum Gasteiger partial charge on any atom is 0.194 e. The van der Waals surface area contributed by atoms with Gasteiger partial charge in [-0.1, -0.05) is 12.1 Å². The first-order valence-corrected chi connectivity index (χ1v) is 8.54. The minimum Gasteiger partial charge on any atom is -0.508 e. The molecule has 120 valence electrons. The lowest BCUT2D eigenvalue weighted by molar-refractivity contribution is 0.475. The van der Waals surface area contributed by atoms with Crippen LogP contribution in [0.1, 0.15) is 25.5 Å². The van der Waals surface area contributed by atoms with E-state index in [1.165, 1.54) is 0 Å². The van der Waals surface area contributed by atoms with Gasteiger partial charge in [0.15, 0.2) is 20.8 Å². The molecule has 1 aromatic carbocycles. The number of imidazole rings is 1. The number of nitrogens with one attached hydrogen (secondary N) is 1. The van der Waals surface area contributed by atoms with Crippen molar-refractivity contribution in [2.75, 3.05) is 11.9 Å². The van der Waals surface area contributed by atoms with E-state index < -0.39 is 0 Å². The molecule has 2 heterocycles. The monoisotopic (exact) mass is 423 g/mol. The maximum atomic E-state index is 9.31. The Hall–Kier alpha value is -1.90. The minimum absolute atomic E-state index is 0.285. The summed E-state index contributed by atoms with van der Waals surface area (Å²) in [6.45, 7) is 4.95. The second kappa shape index (κ2) is 6.69. The van der Waals surface area contributed by atoms with E-state index in [4.69, 9.17) is 0 Å². The van der Waals surface area contributed by atoms with Crippen molar-refractivity contribution in [1.29, 1.82) is 0 Å². The first kappa shape index (κ1) is 16.0. The molecule has 0 saturated carbocycles. The summed E-state index contributed by atoms with van der Waals surface area (Å²) >= 11 is 2.13. The molecule has 0 amide bonds. The van der Waals surface area contributed by atoms with Gasteiger partial charge in [0, 0.05) is 35.2 Å². The van der Waals surface area contributed by atoms with Crippen LogP contribution in [0.4, 0.5) is 5.82 Å². The summed E-state index contributed by atoms with van der Waals surface area (Å²) in [7, 11) is 0. The Balaban J connectivity index is 1.78. The molecule has 3 rings (SSSR count). The first-order valence-electron chi connectivity index (χ1n) is 7.46. The molecule has 7 heteroatoms. The minimum atomic E-state index is 0.285. The molecular weight excluding hydrogens is 405 g/mol. The molecule has 0 bridgehead atoms.